The first-order valence-electron chi connectivity index (χ1n) is 8.57. The molecule has 1 heterocycles. The van der Waals surface area contributed by atoms with Crippen molar-refractivity contribution in [1.29, 1.82) is 0 Å². The van der Waals surface area contributed by atoms with Gasteiger partial charge in [0, 0.05) is 11.3 Å². The van der Waals surface area contributed by atoms with Crippen molar-refractivity contribution in [3.8, 4) is 16.3 Å². The molecule has 27 heavy (non-hydrogen) atoms. The van der Waals surface area contributed by atoms with Crippen molar-refractivity contribution in [1.82, 2.24) is 4.98 Å². The highest BCUT2D eigenvalue weighted by molar-refractivity contribution is 7.21. The Morgan fingerprint density at radius 3 is 2.59 bits per heavy atom. The molecule has 3 aromatic carbocycles. The van der Waals surface area contributed by atoms with E-state index in [4.69, 9.17) is 9.72 Å². The number of methoxy groups -OCH3 is 1. The van der Waals surface area contributed by atoms with Crippen molar-refractivity contribution in [2.45, 2.75) is 6.92 Å². The first-order valence-corrected chi connectivity index (χ1v) is 9.39. The number of anilines is 1. The lowest BCUT2D eigenvalue weighted by Gasteiger charge is -2.13. The van der Waals surface area contributed by atoms with Crippen LogP contribution in [-0.2, 0) is 0 Å². The van der Waals surface area contributed by atoms with Crippen molar-refractivity contribution in [2.75, 3.05) is 12.4 Å². The number of thiazole rings is 1. The minimum absolute atomic E-state index is 0.197. The molecule has 0 spiro atoms. The molecule has 0 radical (unpaired) electrons. The van der Waals surface area contributed by atoms with Gasteiger partial charge in [-0.25, -0.2) is 4.98 Å². The molecule has 1 amide bonds. The van der Waals surface area contributed by atoms with E-state index in [1.165, 1.54) is 0 Å². The van der Waals surface area contributed by atoms with Crippen molar-refractivity contribution in [2.24, 2.45) is 0 Å². The second-order valence-electron chi connectivity index (χ2n) is 6.12. The quantitative estimate of drug-likeness (QED) is 0.511. The first-order chi connectivity index (χ1) is 13.2. The third kappa shape index (κ3) is 3.29. The second kappa shape index (κ2) is 7.21. The van der Waals surface area contributed by atoms with Crippen LogP contribution in [-0.4, -0.2) is 18.0 Å². The second-order valence-corrected chi connectivity index (χ2v) is 7.15. The van der Waals surface area contributed by atoms with Gasteiger partial charge >= 0.3 is 0 Å². The van der Waals surface area contributed by atoms with Gasteiger partial charge in [-0.3, -0.25) is 4.79 Å². The molecule has 134 valence electrons. The standard InChI is InChI=1S/C22H18N2O2S/c1-14-15(22-24-18-10-4-6-13-20(18)27-22)9-7-11-17(14)23-21(25)16-8-3-5-12-19(16)26-2/h3-13H,1-2H3,(H,23,25). The number of carbonyl (C=O) groups is 1. The molecule has 1 N–H and O–H groups in total. The average Bonchev–Trinajstić information content (AvgIpc) is 3.13. The van der Waals surface area contributed by atoms with E-state index in [2.05, 4.69) is 11.4 Å². The molecule has 4 rings (SSSR count). The predicted molar refractivity (Wildman–Crippen MR) is 111 cm³/mol. The molecule has 0 aliphatic carbocycles. The molecule has 0 aliphatic rings. The van der Waals surface area contributed by atoms with Gasteiger partial charge < -0.3 is 10.1 Å². The van der Waals surface area contributed by atoms with Crippen LogP contribution in [0.1, 0.15) is 15.9 Å². The van der Waals surface area contributed by atoms with Crippen LogP contribution in [0.3, 0.4) is 0 Å². The van der Waals surface area contributed by atoms with Gasteiger partial charge in [-0.2, -0.15) is 0 Å². The summed E-state index contributed by atoms with van der Waals surface area (Å²) in [6, 6.07) is 21.1. The largest absolute Gasteiger partial charge is 0.496 e. The monoisotopic (exact) mass is 374 g/mol. The van der Waals surface area contributed by atoms with Crippen LogP contribution < -0.4 is 10.1 Å². The number of nitrogens with zero attached hydrogens (tertiary/aromatic N) is 1. The highest BCUT2D eigenvalue weighted by Gasteiger charge is 2.15. The van der Waals surface area contributed by atoms with Gasteiger partial charge in [-0.1, -0.05) is 36.4 Å². The Morgan fingerprint density at radius 2 is 1.78 bits per heavy atom. The summed E-state index contributed by atoms with van der Waals surface area (Å²) in [5.74, 6) is 0.354. The number of ether oxygens (including phenoxy) is 1. The highest BCUT2D eigenvalue weighted by atomic mass is 32.1. The topological polar surface area (TPSA) is 51.2 Å². The summed E-state index contributed by atoms with van der Waals surface area (Å²) in [6.07, 6.45) is 0. The average molecular weight is 374 g/mol. The molecule has 0 fully saturated rings. The molecule has 4 nitrogen and oxygen atoms in total. The van der Waals surface area contributed by atoms with Crippen molar-refractivity contribution >= 4 is 33.1 Å². The molecular weight excluding hydrogens is 356 g/mol. The van der Waals surface area contributed by atoms with Crippen molar-refractivity contribution < 1.29 is 9.53 Å². The summed E-state index contributed by atoms with van der Waals surface area (Å²) >= 11 is 1.65. The van der Waals surface area contributed by atoms with E-state index in [0.29, 0.717) is 11.3 Å². The minimum atomic E-state index is -0.197. The van der Waals surface area contributed by atoms with Crippen molar-refractivity contribution in [3.63, 3.8) is 0 Å². The van der Waals surface area contributed by atoms with Gasteiger partial charge in [0.1, 0.15) is 10.8 Å². The molecule has 1 aromatic heterocycles. The predicted octanol–water partition coefficient (Wildman–Crippen LogP) is 5.53. The van der Waals surface area contributed by atoms with Crippen LogP contribution in [0.2, 0.25) is 0 Å². The fraction of sp³-hybridized carbons (Fsp3) is 0.0909. The maximum absolute atomic E-state index is 12.7. The number of nitrogens with one attached hydrogen (secondary N) is 1. The lowest BCUT2D eigenvalue weighted by molar-refractivity contribution is 0.102. The summed E-state index contributed by atoms with van der Waals surface area (Å²) in [7, 11) is 1.56. The van der Waals surface area contributed by atoms with E-state index < -0.39 is 0 Å². The molecule has 0 aliphatic heterocycles. The van der Waals surface area contributed by atoms with Gasteiger partial charge in [-0.15, -0.1) is 11.3 Å². The Kier molecular flexibility index (Phi) is 4.60. The number of hydrogen-bond acceptors (Lipinski definition) is 4. The Labute approximate surface area is 161 Å². The summed E-state index contributed by atoms with van der Waals surface area (Å²) in [5.41, 5.74) is 4.27. The minimum Gasteiger partial charge on any atom is -0.496 e. The van der Waals surface area contributed by atoms with Crippen LogP contribution in [0.5, 0.6) is 5.75 Å². The van der Waals surface area contributed by atoms with Crippen LogP contribution in [0.25, 0.3) is 20.8 Å². The van der Waals surface area contributed by atoms with Gasteiger partial charge in [-0.05, 0) is 42.8 Å². The Bertz CT molecular complexity index is 1100. The van der Waals surface area contributed by atoms with E-state index in [9.17, 15) is 4.79 Å². The lowest BCUT2D eigenvalue weighted by Crippen LogP contribution is -2.14. The SMILES string of the molecule is COc1ccccc1C(=O)Nc1cccc(-c2nc3ccccc3s2)c1C. The maximum atomic E-state index is 12.7. The molecule has 0 atom stereocenters. The normalized spacial score (nSPS) is 10.7. The zero-order chi connectivity index (χ0) is 18.8. The zero-order valence-electron chi connectivity index (χ0n) is 15.0. The third-order valence-electron chi connectivity index (χ3n) is 4.46. The molecule has 0 unspecified atom stereocenters. The van der Waals surface area contributed by atoms with Gasteiger partial charge in [0.25, 0.3) is 5.91 Å². The molecule has 0 saturated carbocycles. The van der Waals surface area contributed by atoms with Crippen LogP contribution in [0.4, 0.5) is 5.69 Å². The maximum Gasteiger partial charge on any atom is 0.259 e. The Balaban J connectivity index is 1.69. The van der Waals surface area contributed by atoms with Gasteiger partial charge in [0.05, 0.1) is 22.9 Å². The van der Waals surface area contributed by atoms with E-state index in [-0.39, 0.29) is 5.91 Å². The van der Waals surface area contributed by atoms with Crippen LogP contribution >= 0.6 is 11.3 Å². The van der Waals surface area contributed by atoms with Gasteiger partial charge in [0.2, 0.25) is 0 Å². The van der Waals surface area contributed by atoms with E-state index in [1.54, 1.807) is 30.6 Å². The number of amides is 1. The number of para-hydroxylation sites is 2. The zero-order valence-corrected chi connectivity index (χ0v) is 15.8. The molecular formula is C22H18N2O2S. The number of rotatable bonds is 4. The van der Waals surface area contributed by atoms with E-state index in [1.807, 2.05) is 55.5 Å². The summed E-state index contributed by atoms with van der Waals surface area (Å²) in [5, 5.41) is 3.95. The number of aromatic nitrogens is 1. The molecule has 4 aromatic rings. The number of carbonyl (C=O) groups excluding carboxylic acids is 1. The Morgan fingerprint density at radius 1 is 1.00 bits per heavy atom. The fourth-order valence-corrected chi connectivity index (χ4v) is 4.06. The summed E-state index contributed by atoms with van der Waals surface area (Å²) in [6.45, 7) is 2.00. The third-order valence-corrected chi connectivity index (χ3v) is 5.53. The summed E-state index contributed by atoms with van der Waals surface area (Å²) < 4.78 is 6.44. The first kappa shape index (κ1) is 17.2. The summed E-state index contributed by atoms with van der Waals surface area (Å²) in [4.78, 5) is 17.5. The fourth-order valence-electron chi connectivity index (χ4n) is 3.01. The number of benzene rings is 3. The molecule has 0 bridgehead atoms. The number of fused-ring (bicyclic) bond motifs is 1. The van der Waals surface area contributed by atoms with Crippen LogP contribution in [0, 0.1) is 6.92 Å². The smallest absolute Gasteiger partial charge is 0.259 e. The van der Waals surface area contributed by atoms with Gasteiger partial charge in [0.15, 0.2) is 0 Å². The van der Waals surface area contributed by atoms with E-state index >= 15 is 0 Å². The number of hydrogen-bond donors (Lipinski definition) is 1. The lowest BCUT2D eigenvalue weighted by atomic mass is 10.1. The van der Waals surface area contributed by atoms with E-state index in [0.717, 1.165) is 32.0 Å². The van der Waals surface area contributed by atoms with Crippen molar-refractivity contribution in [3.05, 3.63) is 77.9 Å². The highest BCUT2D eigenvalue weighted by Crippen LogP contribution is 2.34. The molecule has 5 heteroatoms. The molecule has 0 saturated heterocycles. The Hall–Kier alpha value is -3.18. The van der Waals surface area contributed by atoms with Crippen LogP contribution in [0.15, 0.2) is 66.7 Å².